The van der Waals surface area contributed by atoms with Crippen molar-refractivity contribution in [2.45, 2.75) is 19.8 Å². The Morgan fingerprint density at radius 1 is 1.50 bits per heavy atom. The molecule has 3 N–H and O–H groups in total. The second kappa shape index (κ2) is 5.10. The van der Waals surface area contributed by atoms with Gasteiger partial charge in [0.15, 0.2) is 5.78 Å². The molecule has 0 saturated carbocycles. The third kappa shape index (κ3) is 2.24. The van der Waals surface area contributed by atoms with Crippen molar-refractivity contribution in [3.05, 3.63) is 52.6 Å². The van der Waals surface area contributed by atoms with Crippen LogP contribution in [0, 0.1) is 11.3 Å². The molecule has 0 aliphatic carbocycles. The highest BCUT2D eigenvalue weighted by molar-refractivity contribution is 5.96. The number of benzene rings is 1. The number of rotatable bonds is 2. The molecule has 0 amide bonds. The Bertz CT molecular complexity index is 681. The molecular formula is C15H14N2O3. The molecule has 2 rings (SSSR count). The zero-order valence-electron chi connectivity index (χ0n) is 11.2. The summed E-state index contributed by atoms with van der Waals surface area (Å²) < 4.78 is 5.28. The number of ketones is 1. The minimum absolute atomic E-state index is 0.0108. The summed E-state index contributed by atoms with van der Waals surface area (Å²) >= 11 is 0. The number of carbonyl (C=O) groups is 1. The standard InChI is InChI=1S/C15H14N2O3/c1-8(18)13-9(2)20-15(17)12(7-16)14(13)10-4-3-5-11(19)6-10/h3-6,14,19H,17H2,1-2H3. The Kier molecular flexibility index (Phi) is 3.49. The maximum Gasteiger partial charge on any atom is 0.205 e. The quantitative estimate of drug-likeness (QED) is 0.857. The summed E-state index contributed by atoms with van der Waals surface area (Å²) in [7, 11) is 0. The molecule has 0 spiro atoms. The Balaban J connectivity index is 2.67. The summed E-state index contributed by atoms with van der Waals surface area (Å²) in [6, 6.07) is 8.40. The van der Waals surface area contributed by atoms with Crippen molar-refractivity contribution < 1.29 is 14.6 Å². The first-order chi connectivity index (χ1) is 9.45. The highest BCUT2D eigenvalue weighted by Crippen LogP contribution is 2.39. The normalized spacial score (nSPS) is 18.6. The smallest absolute Gasteiger partial charge is 0.205 e. The van der Waals surface area contributed by atoms with Crippen LogP contribution in [0.25, 0.3) is 0 Å². The number of phenolic OH excluding ortho intramolecular Hbond substituents is 1. The number of Topliss-reactive ketones (excluding diaryl/α,β-unsaturated/α-hetero) is 1. The summed E-state index contributed by atoms with van der Waals surface area (Å²) in [5.74, 6) is -0.384. The van der Waals surface area contributed by atoms with Crippen LogP contribution >= 0.6 is 0 Å². The molecule has 5 heteroatoms. The second-order valence-electron chi connectivity index (χ2n) is 4.55. The number of nitrogens with zero attached hydrogens (tertiary/aromatic N) is 1. The first-order valence-electron chi connectivity index (χ1n) is 6.04. The van der Waals surface area contributed by atoms with Crippen molar-refractivity contribution in [3.63, 3.8) is 0 Å². The van der Waals surface area contributed by atoms with Gasteiger partial charge in [-0.15, -0.1) is 0 Å². The summed E-state index contributed by atoms with van der Waals surface area (Å²) in [6.07, 6.45) is 0. The third-order valence-electron chi connectivity index (χ3n) is 3.19. The average Bonchev–Trinajstić information content (AvgIpc) is 2.37. The number of phenols is 1. The number of carbonyl (C=O) groups excluding carboxylic acids is 1. The van der Waals surface area contributed by atoms with Crippen molar-refractivity contribution >= 4 is 5.78 Å². The minimum Gasteiger partial charge on any atom is -0.508 e. The van der Waals surface area contributed by atoms with E-state index in [2.05, 4.69) is 0 Å². The van der Waals surface area contributed by atoms with Gasteiger partial charge in [-0.2, -0.15) is 5.26 Å². The number of hydrogen-bond acceptors (Lipinski definition) is 5. The molecule has 0 aromatic heterocycles. The molecule has 1 aromatic carbocycles. The van der Waals surface area contributed by atoms with E-state index in [-0.39, 0.29) is 23.0 Å². The lowest BCUT2D eigenvalue weighted by molar-refractivity contribution is -0.114. The van der Waals surface area contributed by atoms with Gasteiger partial charge in [0, 0.05) is 5.57 Å². The van der Waals surface area contributed by atoms with E-state index < -0.39 is 5.92 Å². The molecule has 0 fully saturated rings. The van der Waals surface area contributed by atoms with Crippen LogP contribution in [-0.2, 0) is 9.53 Å². The topological polar surface area (TPSA) is 96.3 Å². The van der Waals surface area contributed by atoms with E-state index in [1.807, 2.05) is 6.07 Å². The van der Waals surface area contributed by atoms with E-state index in [0.717, 1.165) is 0 Å². The van der Waals surface area contributed by atoms with Crippen LogP contribution in [0.2, 0.25) is 0 Å². The molecule has 1 unspecified atom stereocenters. The van der Waals surface area contributed by atoms with E-state index in [1.165, 1.54) is 19.1 Å². The van der Waals surface area contributed by atoms with Gasteiger partial charge in [-0.25, -0.2) is 0 Å². The van der Waals surface area contributed by atoms with Gasteiger partial charge in [-0.3, -0.25) is 4.79 Å². The summed E-state index contributed by atoms with van der Waals surface area (Å²) in [6.45, 7) is 3.04. The summed E-state index contributed by atoms with van der Waals surface area (Å²) in [5.41, 5.74) is 6.91. The van der Waals surface area contributed by atoms with Crippen molar-refractivity contribution in [2.24, 2.45) is 5.73 Å². The van der Waals surface area contributed by atoms with Crippen LogP contribution in [0.5, 0.6) is 5.75 Å². The molecular weight excluding hydrogens is 256 g/mol. The largest absolute Gasteiger partial charge is 0.508 e. The van der Waals surface area contributed by atoms with Crippen molar-refractivity contribution in [1.29, 1.82) is 5.26 Å². The van der Waals surface area contributed by atoms with Crippen LogP contribution in [0.1, 0.15) is 25.3 Å². The monoisotopic (exact) mass is 270 g/mol. The lowest BCUT2D eigenvalue weighted by Gasteiger charge is -2.26. The Morgan fingerprint density at radius 2 is 2.20 bits per heavy atom. The fourth-order valence-corrected chi connectivity index (χ4v) is 2.37. The molecule has 1 heterocycles. The Morgan fingerprint density at radius 3 is 2.75 bits per heavy atom. The molecule has 1 aromatic rings. The van der Waals surface area contributed by atoms with Gasteiger partial charge < -0.3 is 15.6 Å². The van der Waals surface area contributed by atoms with Gasteiger partial charge in [-0.05, 0) is 31.5 Å². The number of nitriles is 1. The predicted molar refractivity (Wildman–Crippen MR) is 72.1 cm³/mol. The first kappa shape index (κ1) is 13.7. The Labute approximate surface area is 116 Å². The van der Waals surface area contributed by atoms with Crippen LogP contribution in [0.15, 0.2) is 47.1 Å². The Hall–Kier alpha value is -2.74. The lowest BCUT2D eigenvalue weighted by atomic mass is 9.81. The number of allylic oxidation sites excluding steroid dienone is 3. The molecule has 102 valence electrons. The molecule has 1 aliphatic rings. The first-order valence-corrected chi connectivity index (χ1v) is 6.04. The molecule has 1 aliphatic heterocycles. The van der Waals surface area contributed by atoms with Gasteiger partial charge in [0.1, 0.15) is 23.2 Å². The second-order valence-corrected chi connectivity index (χ2v) is 4.55. The fourth-order valence-electron chi connectivity index (χ4n) is 2.37. The minimum atomic E-state index is -0.613. The van der Waals surface area contributed by atoms with Gasteiger partial charge in [-0.1, -0.05) is 12.1 Å². The van der Waals surface area contributed by atoms with Gasteiger partial charge in [0.25, 0.3) is 0 Å². The number of nitrogens with two attached hydrogens (primary N) is 1. The predicted octanol–water partition coefficient (Wildman–Crippen LogP) is 2.06. The van der Waals surface area contributed by atoms with Crippen molar-refractivity contribution in [3.8, 4) is 11.8 Å². The molecule has 0 radical (unpaired) electrons. The van der Waals surface area contributed by atoms with Gasteiger partial charge >= 0.3 is 0 Å². The van der Waals surface area contributed by atoms with E-state index in [1.54, 1.807) is 19.1 Å². The van der Waals surface area contributed by atoms with Crippen molar-refractivity contribution in [1.82, 2.24) is 0 Å². The van der Waals surface area contributed by atoms with Gasteiger partial charge in [0.05, 0.1) is 5.92 Å². The fraction of sp³-hybridized carbons (Fsp3) is 0.200. The maximum atomic E-state index is 11.9. The number of ether oxygens (including phenoxy) is 1. The zero-order chi connectivity index (χ0) is 14.9. The van der Waals surface area contributed by atoms with E-state index in [9.17, 15) is 15.2 Å². The highest BCUT2D eigenvalue weighted by Gasteiger charge is 2.33. The average molecular weight is 270 g/mol. The molecule has 0 saturated heterocycles. The molecule has 0 bridgehead atoms. The third-order valence-corrected chi connectivity index (χ3v) is 3.19. The highest BCUT2D eigenvalue weighted by atomic mass is 16.5. The lowest BCUT2D eigenvalue weighted by Crippen LogP contribution is -2.23. The maximum absolute atomic E-state index is 11.9. The molecule has 20 heavy (non-hydrogen) atoms. The van der Waals surface area contributed by atoms with Crippen molar-refractivity contribution in [2.75, 3.05) is 0 Å². The number of aromatic hydroxyl groups is 1. The molecule has 5 nitrogen and oxygen atoms in total. The van der Waals surface area contributed by atoms with E-state index >= 15 is 0 Å². The van der Waals surface area contributed by atoms with Crippen LogP contribution in [0.4, 0.5) is 0 Å². The van der Waals surface area contributed by atoms with Crippen LogP contribution in [-0.4, -0.2) is 10.9 Å². The van der Waals surface area contributed by atoms with Crippen LogP contribution in [0.3, 0.4) is 0 Å². The molecule has 1 atom stereocenters. The summed E-state index contributed by atoms with van der Waals surface area (Å²) in [4.78, 5) is 11.9. The van der Waals surface area contributed by atoms with E-state index in [0.29, 0.717) is 16.9 Å². The summed E-state index contributed by atoms with van der Waals surface area (Å²) in [5, 5.41) is 18.9. The van der Waals surface area contributed by atoms with Gasteiger partial charge in [0.2, 0.25) is 5.88 Å². The number of hydrogen-bond donors (Lipinski definition) is 2. The van der Waals surface area contributed by atoms with E-state index in [4.69, 9.17) is 10.5 Å². The SMILES string of the molecule is CC(=O)C1=C(C)OC(N)=C(C#N)C1c1cccc(O)c1. The van der Waals surface area contributed by atoms with Crippen LogP contribution < -0.4 is 5.73 Å². The zero-order valence-corrected chi connectivity index (χ0v) is 11.2.